The topological polar surface area (TPSA) is 17.1 Å². The summed E-state index contributed by atoms with van der Waals surface area (Å²) in [5.74, 6) is -0.600. The summed E-state index contributed by atoms with van der Waals surface area (Å²) in [6.07, 6.45) is 2.23. The van der Waals surface area contributed by atoms with E-state index < -0.39 is 11.6 Å². The van der Waals surface area contributed by atoms with Gasteiger partial charge in [-0.3, -0.25) is 4.79 Å². The SMILES string of the molecule is CCCC(=O)CC(C)Cc1cc(F)ccc1F. The predicted molar refractivity (Wildman–Crippen MR) is 63.8 cm³/mol. The highest BCUT2D eigenvalue weighted by molar-refractivity contribution is 5.78. The molecule has 0 N–H and O–H groups in total. The van der Waals surface area contributed by atoms with Gasteiger partial charge in [0.05, 0.1) is 0 Å². The maximum absolute atomic E-state index is 13.4. The molecule has 0 aliphatic rings. The fraction of sp³-hybridized carbons (Fsp3) is 0.500. The number of carbonyl (C=O) groups excluding carboxylic acids is 1. The largest absolute Gasteiger partial charge is 0.300 e. The molecule has 0 aliphatic carbocycles. The van der Waals surface area contributed by atoms with Crippen LogP contribution in [0.15, 0.2) is 18.2 Å². The normalized spacial score (nSPS) is 12.5. The van der Waals surface area contributed by atoms with Crippen molar-refractivity contribution in [1.29, 1.82) is 0 Å². The van der Waals surface area contributed by atoms with Crippen LogP contribution in [0, 0.1) is 17.6 Å². The molecular formula is C14H18F2O. The third kappa shape index (κ3) is 4.63. The Morgan fingerprint density at radius 1 is 1.35 bits per heavy atom. The summed E-state index contributed by atoms with van der Waals surface area (Å²) in [5, 5.41) is 0. The molecule has 0 aliphatic heterocycles. The molecule has 1 rings (SSSR count). The molecule has 0 saturated carbocycles. The first-order valence-corrected chi connectivity index (χ1v) is 5.98. The van der Waals surface area contributed by atoms with Gasteiger partial charge in [-0.15, -0.1) is 0 Å². The van der Waals surface area contributed by atoms with E-state index in [9.17, 15) is 13.6 Å². The minimum absolute atomic E-state index is 0.0466. The Hall–Kier alpha value is -1.25. The van der Waals surface area contributed by atoms with Crippen LogP contribution in [0.25, 0.3) is 0 Å². The van der Waals surface area contributed by atoms with Crippen LogP contribution < -0.4 is 0 Å². The van der Waals surface area contributed by atoms with Crippen molar-refractivity contribution in [3.8, 4) is 0 Å². The zero-order chi connectivity index (χ0) is 12.8. The number of benzene rings is 1. The Bertz CT molecular complexity index is 388. The van der Waals surface area contributed by atoms with Crippen molar-refractivity contribution in [1.82, 2.24) is 0 Å². The van der Waals surface area contributed by atoms with Crippen LogP contribution in [-0.4, -0.2) is 5.78 Å². The molecule has 0 fully saturated rings. The summed E-state index contributed by atoms with van der Waals surface area (Å²) in [6, 6.07) is 3.44. The molecule has 1 aromatic carbocycles. The summed E-state index contributed by atoms with van der Waals surface area (Å²) in [6.45, 7) is 3.84. The summed E-state index contributed by atoms with van der Waals surface area (Å²) in [7, 11) is 0. The predicted octanol–water partition coefficient (Wildman–Crippen LogP) is 3.90. The number of Topliss-reactive ketones (excluding diaryl/α,β-unsaturated/α-hetero) is 1. The smallest absolute Gasteiger partial charge is 0.133 e. The van der Waals surface area contributed by atoms with E-state index in [0.29, 0.717) is 24.8 Å². The van der Waals surface area contributed by atoms with Crippen LogP contribution in [0.3, 0.4) is 0 Å². The molecule has 1 nitrogen and oxygen atoms in total. The van der Waals surface area contributed by atoms with Crippen molar-refractivity contribution in [3.05, 3.63) is 35.4 Å². The molecule has 0 amide bonds. The Morgan fingerprint density at radius 3 is 2.71 bits per heavy atom. The molecule has 1 unspecified atom stereocenters. The van der Waals surface area contributed by atoms with E-state index in [1.807, 2.05) is 13.8 Å². The molecule has 3 heteroatoms. The summed E-state index contributed by atoms with van der Waals surface area (Å²) in [5.41, 5.74) is 0.349. The van der Waals surface area contributed by atoms with Gasteiger partial charge in [0.25, 0.3) is 0 Å². The van der Waals surface area contributed by atoms with Gasteiger partial charge in [0, 0.05) is 12.8 Å². The van der Waals surface area contributed by atoms with Gasteiger partial charge in [0.1, 0.15) is 17.4 Å². The molecule has 0 spiro atoms. The van der Waals surface area contributed by atoms with Gasteiger partial charge in [-0.05, 0) is 42.5 Å². The van der Waals surface area contributed by atoms with Crippen LogP contribution >= 0.6 is 0 Å². The van der Waals surface area contributed by atoms with Crippen molar-refractivity contribution in [2.45, 2.75) is 39.5 Å². The van der Waals surface area contributed by atoms with E-state index in [2.05, 4.69) is 0 Å². The highest BCUT2D eigenvalue weighted by Gasteiger charge is 2.12. The van der Waals surface area contributed by atoms with Gasteiger partial charge in [-0.2, -0.15) is 0 Å². The second-order valence-electron chi connectivity index (χ2n) is 4.54. The van der Waals surface area contributed by atoms with Crippen molar-refractivity contribution < 1.29 is 13.6 Å². The second-order valence-corrected chi connectivity index (χ2v) is 4.54. The van der Waals surface area contributed by atoms with Crippen molar-refractivity contribution in [2.75, 3.05) is 0 Å². The molecule has 0 aromatic heterocycles. The quantitative estimate of drug-likeness (QED) is 0.737. The van der Waals surface area contributed by atoms with Gasteiger partial charge in [-0.1, -0.05) is 13.8 Å². The van der Waals surface area contributed by atoms with Crippen LogP contribution in [0.4, 0.5) is 8.78 Å². The maximum atomic E-state index is 13.4. The van der Waals surface area contributed by atoms with Crippen LogP contribution in [-0.2, 0) is 11.2 Å². The first-order chi connectivity index (χ1) is 8.02. The number of halogens is 2. The fourth-order valence-electron chi connectivity index (χ4n) is 1.92. The monoisotopic (exact) mass is 240 g/mol. The number of hydrogen-bond acceptors (Lipinski definition) is 1. The first kappa shape index (κ1) is 13.8. The Kier molecular flexibility index (Phi) is 5.26. The average Bonchev–Trinajstić information content (AvgIpc) is 2.23. The second kappa shape index (κ2) is 6.48. The summed E-state index contributed by atoms with van der Waals surface area (Å²) < 4.78 is 26.3. The van der Waals surface area contributed by atoms with E-state index in [1.54, 1.807) is 0 Å². The molecule has 0 saturated heterocycles. The maximum Gasteiger partial charge on any atom is 0.133 e. The average molecular weight is 240 g/mol. The van der Waals surface area contributed by atoms with E-state index in [4.69, 9.17) is 0 Å². The zero-order valence-electron chi connectivity index (χ0n) is 10.3. The summed E-state index contributed by atoms with van der Waals surface area (Å²) >= 11 is 0. The van der Waals surface area contributed by atoms with Gasteiger partial charge < -0.3 is 0 Å². The van der Waals surface area contributed by atoms with E-state index >= 15 is 0 Å². The number of ketones is 1. The number of hydrogen-bond donors (Lipinski definition) is 0. The lowest BCUT2D eigenvalue weighted by atomic mass is 9.94. The minimum Gasteiger partial charge on any atom is -0.300 e. The van der Waals surface area contributed by atoms with Crippen molar-refractivity contribution >= 4 is 5.78 Å². The molecule has 0 heterocycles. The molecule has 0 bridgehead atoms. The number of carbonyl (C=O) groups is 1. The lowest BCUT2D eigenvalue weighted by molar-refractivity contribution is -0.119. The Labute approximate surface area is 101 Å². The standard InChI is InChI=1S/C14H18F2O/c1-3-4-13(17)8-10(2)7-11-9-12(15)5-6-14(11)16/h5-6,9-10H,3-4,7-8H2,1-2H3. The molecule has 1 aromatic rings. The van der Waals surface area contributed by atoms with Gasteiger partial charge in [-0.25, -0.2) is 8.78 Å². The van der Waals surface area contributed by atoms with Gasteiger partial charge in [0.2, 0.25) is 0 Å². The first-order valence-electron chi connectivity index (χ1n) is 5.98. The van der Waals surface area contributed by atoms with Crippen molar-refractivity contribution in [3.63, 3.8) is 0 Å². The van der Waals surface area contributed by atoms with E-state index in [1.165, 1.54) is 6.07 Å². The molecule has 17 heavy (non-hydrogen) atoms. The van der Waals surface area contributed by atoms with E-state index in [0.717, 1.165) is 18.6 Å². The summed E-state index contributed by atoms with van der Waals surface area (Å²) in [4.78, 5) is 11.4. The Balaban J connectivity index is 2.58. The lowest BCUT2D eigenvalue weighted by Gasteiger charge is -2.11. The highest BCUT2D eigenvalue weighted by atomic mass is 19.1. The third-order valence-electron chi connectivity index (χ3n) is 2.68. The molecule has 0 radical (unpaired) electrons. The van der Waals surface area contributed by atoms with Gasteiger partial charge in [0.15, 0.2) is 0 Å². The highest BCUT2D eigenvalue weighted by Crippen LogP contribution is 2.17. The van der Waals surface area contributed by atoms with Crippen LogP contribution in [0.5, 0.6) is 0 Å². The third-order valence-corrected chi connectivity index (χ3v) is 2.68. The lowest BCUT2D eigenvalue weighted by Crippen LogP contribution is -2.09. The van der Waals surface area contributed by atoms with E-state index in [-0.39, 0.29) is 11.7 Å². The van der Waals surface area contributed by atoms with Crippen molar-refractivity contribution in [2.24, 2.45) is 5.92 Å². The van der Waals surface area contributed by atoms with Gasteiger partial charge >= 0.3 is 0 Å². The zero-order valence-corrected chi connectivity index (χ0v) is 10.3. The fourth-order valence-corrected chi connectivity index (χ4v) is 1.92. The molecule has 94 valence electrons. The van der Waals surface area contributed by atoms with Crippen LogP contribution in [0.1, 0.15) is 38.7 Å². The minimum atomic E-state index is -0.437. The van der Waals surface area contributed by atoms with Crippen LogP contribution in [0.2, 0.25) is 0 Å². The molecular weight excluding hydrogens is 222 g/mol. The number of rotatable bonds is 6. The molecule has 1 atom stereocenters. The Morgan fingerprint density at radius 2 is 2.06 bits per heavy atom.